The lowest BCUT2D eigenvalue weighted by Gasteiger charge is -1.94. The van der Waals surface area contributed by atoms with E-state index in [0.29, 0.717) is 5.15 Å². The predicted molar refractivity (Wildman–Crippen MR) is 47.9 cm³/mol. The topological polar surface area (TPSA) is 17.3 Å². The van der Waals surface area contributed by atoms with E-state index < -0.39 is 0 Å². The van der Waals surface area contributed by atoms with E-state index in [1.807, 2.05) is 12.1 Å². The van der Waals surface area contributed by atoms with Crippen LogP contribution in [0, 0.1) is 0 Å². The quantitative estimate of drug-likeness (QED) is 0.637. The largest absolute Gasteiger partial charge is 0.221 e. The molecule has 0 bridgehead atoms. The van der Waals surface area contributed by atoms with E-state index in [1.165, 1.54) is 0 Å². The van der Waals surface area contributed by atoms with E-state index in [1.54, 1.807) is 16.8 Å². The van der Waals surface area contributed by atoms with E-state index in [0.717, 1.165) is 9.99 Å². The second kappa shape index (κ2) is 2.50. The molecule has 0 aliphatic carbocycles. The highest BCUT2D eigenvalue weighted by molar-refractivity contribution is 9.10. The molecule has 0 aromatic carbocycles. The fourth-order valence-electron chi connectivity index (χ4n) is 0.948. The highest BCUT2D eigenvalue weighted by atomic mass is 79.9. The van der Waals surface area contributed by atoms with Gasteiger partial charge in [-0.25, -0.2) is 4.52 Å². The minimum absolute atomic E-state index is 0.619. The van der Waals surface area contributed by atoms with Gasteiger partial charge in [-0.3, -0.25) is 0 Å². The van der Waals surface area contributed by atoms with Crippen LogP contribution in [-0.4, -0.2) is 9.61 Å². The van der Waals surface area contributed by atoms with Crippen LogP contribution in [0.25, 0.3) is 5.52 Å². The van der Waals surface area contributed by atoms with Crippen LogP contribution in [0.1, 0.15) is 0 Å². The Morgan fingerprint density at radius 3 is 3.00 bits per heavy atom. The summed E-state index contributed by atoms with van der Waals surface area (Å²) >= 11 is 9.21. The van der Waals surface area contributed by atoms with Gasteiger partial charge in [-0.15, -0.1) is 0 Å². The van der Waals surface area contributed by atoms with Crippen LogP contribution in [0.5, 0.6) is 0 Å². The predicted octanol–water partition coefficient (Wildman–Crippen LogP) is 2.75. The Kier molecular flexibility index (Phi) is 1.62. The number of fused-ring (bicyclic) bond motifs is 1. The molecule has 0 amide bonds. The zero-order chi connectivity index (χ0) is 7.84. The van der Waals surface area contributed by atoms with Crippen molar-refractivity contribution in [3.63, 3.8) is 0 Å². The number of rotatable bonds is 0. The Morgan fingerprint density at radius 2 is 2.27 bits per heavy atom. The molecule has 0 atom stereocenters. The highest BCUT2D eigenvalue weighted by Gasteiger charge is 2.01. The van der Waals surface area contributed by atoms with Gasteiger partial charge in [0.2, 0.25) is 0 Å². The third-order valence-electron chi connectivity index (χ3n) is 1.45. The van der Waals surface area contributed by atoms with Gasteiger partial charge in [-0.2, -0.15) is 5.10 Å². The molecule has 2 aromatic heterocycles. The first kappa shape index (κ1) is 7.13. The summed E-state index contributed by atoms with van der Waals surface area (Å²) in [6.45, 7) is 0. The lowest BCUT2D eigenvalue weighted by molar-refractivity contribution is 0.962. The first-order chi connectivity index (χ1) is 5.29. The van der Waals surface area contributed by atoms with Crippen LogP contribution < -0.4 is 0 Å². The fraction of sp³-hybridized carbons (Fsp3) is 0. The van der Waals surface area contributed by atoms with Crippen molar-refractivity contribution in [1.82, 2.24) is 9.61 Å². The standard InChI is InChI=1S/C7H4BrClN2/c8-5-4-10-11-6(5)2-1-3-7(11)9/h1-4H. The summed E-state index contributed by atoms with van der Waals surface area (Å²) in [7, 11) is 0. The van der Waals surface area contributed by atoms with E-state index in [4.69, 9.17) is 11.6 Å². The lowest BCUT2D eigenvalue weighted by atomic mass is 10.4. The molecule has 0 fully saturated rings. The van der Waals surface area contributed by atoms with Gasteiger partial charge in [-0.1, -0.05) is 17.7 Å². The molecular weight excluding hydrogens is 227 g/mol. The second-order valence-corrected chi connectivity index (χ2v) is 3.38. The molecular formula is C7H4BrClN2. The van der Waals surface area contributed by atoms with Crippen molar-refractivity contribution in [3.05, 3.63) is 34.0 Å². The Morgan fingerprint density at radius 1 is 1.45 bits per heavy atom. The van der Waals surface area contributed by atoms with Gasteiger partial charge in [0.05, 0.1) is 16.2 Å². The molecule has 0 N–H and O–H groups in total. The van der Waals surface area contributed by atoms with Crippen LogP contribution >= 0.6 is 27.5 Å². The Labute approximate surface area is 76.9 Å². The summed E-state index contributed by atoms with van der Waals surface area (Å²) in [5, 5.41) is 4.67. The molecule has 0 radical (unpaired) electrons. The maximum atomic E-state index is 5.85. The number of halogens is 2. The minimum Gasteiger partial charge on any atom is -0.221 e. The molecule has 0 spiro atoms. The SMILES string of the molecule is Clc1cccc2c(Br)cnn12. The number of pyridine rings is 1. The molecule has 2 rings (SSSR count). The van der Waals surface area contributed by atoms with Gasteiger partial charge >= 0.3 is 0 Å². The van der Waals surface area contributed by atoms with Crippen molar-refractivity contribution in [2.45, 2.75) is 0 Å². The fourth-order valence-corrected chi connectivity index (χ4v) is 1.55. The number of nitrogens with zero attached hydrogens (tertiary/aromatic N) is 2. The Balaban J connectivity index is 2.94. The van der Waals surface area contributed by atoms with Gasteiger partial charge in [0.15, 0.2) is 0 Å². The molecule has 4 heteroatoms. The van der Waals surface area contributed by atoms with E-state index in [9.17, 15) is 0 Å². The van der Waals surface area contributed by atoms with Crippen molar-refractivity contribution in [3.8, 4) is 0 Å². The Bertz CT molecular complexity index is 396. The molecule has 0 unspecified atom stereocenters. The smallest absolute Gasteiger partial charge is 0.131 e. The lowest BCUT2D eigenvalue weighted by Crippen LogP contribution is -1.86. The van der Waals surface area contributed by atoms with Gasteiger partial charge in [0.25, 0.3) is 0 Å². The van der Waals surface area contributed by atoms with E-state index in [-0.39, 0.29) is 0 Å². The molecule has 56 valence electrons. The molecule has 0 aliphatic rings. The van der Waals surface area contributed by atoms with Gasteiger partial charge in [-0.05, 0) is 28.1 Å². The minimum atomic E-state index is 0.619. The zero-order valence-electron chi connectivity index (χ0n) is 5.46. The third kappa shape index (κ3) is 1.04. The summed E-state index contributed by atoms with van der Waals surface area (Å²) in [6, 6.07) is 5.64. The molecule has 0 aliphatic heterocycles. The van der Waals surface area contributed by atoms with Crippen LogP contribution in [-0.2, 0) is 0 Å². The molecule has 0 saturated heterocycles. The Hall–Kier alpha value is -0.540. The zero-order valence-corrected chi connectivity index (χ0v) is 7.80. The van der Waals surface area contributed by atoms with Crippen LogP contribution in [0.15, 0.2) is 28.9 Å². The molecule has 11 heavy (non-hydrogen) atoms. The van der Waals surface area contributed by atoms with Crippen LogP contribution in [0.2, 0.25) is 5.15 Å². The van der Waals surface area contributed by atoms with E-state index in [2.05, 4.69) is 21.0 Å². The van der Waals surface area contributed by atoms with Gasteiger partial charge < -0.3 is 0 Å². The van der Waals surface area contributed by atoms with Crippen molar-refractivity contribution in [2.75, 3.05) is 0 Å². The average molecular weight is 231 g/mol. The summed E-state index contributed by atoms with van der Waals surface area (Å²) in [6.07, 6.45) is 1.72. The maximum absolute atomic E-state index is 5.85. The highest BCUT2D eigenvalue weighted by Crippen LogP contribution is 2.20. The second-order valence-electron chi connectivity index (χ2n) is 2.14. The van der Waals surface area contributed by atoms with Gasteiger partial charge in [0.1, 0.15) is 5.15 Å². The number of hydrogen-bond acceptors (Lipinski definition) is 1. The average Bonchev–Trinajstić information content (AvgIpc) is 2.35. The van der Waals surface area contributed by atoms with Crippen molar-refractivity contribution >= 4 is 33.0 Å². The van der Waals surface area contributed by atoms with Crippen molar-refractivity contribution < 1.29 is 0 Å². The summed E-state index contributed by atoms with van der Waals surface area (Å²) in [5.41, 5.74) is 0.984. The number of hydrogen-bond donors (Lipinski definition) is 0. The summed E-state index contributed by atoms with van der Waals surface area (Å²) in [4.78, 5) is 0. The van der Waals surface area contributed by atoms with Crippen LogP contribution in [0.3, 0.4) is 0 Å². The monoisotopic (exact) mass is 230 g/mol. The van der Waals surface area contributed by atoms with Crippen LogP contribution in [0.4, 0.5) is 0 Å². The van der Waals surface area contributed by atoms with E-state index >= 15 is 0 Å². The van der Waals surface area contributed by atoms with Gasteiger partial charge in [0, 0.05) is 0 Å². The first-order valence-electron chi connectivity index (χ1n) is 3.07. The molecule has 2 heterocycles. The van der Waals surface area contributed by atoms with Crippen molar-refractivity contribution in [2.24, 2.45) is 0 Å². The molecule has 0 saturated carbocycles. The normalized spacial score (nSPS) is 10.7. The molecule has 2 aromatic rings. The maximum Gasteiger partial charge on any atom is 0.131 e. The summed E-state index contributed by atoms with van der Waals surface area (Å²) in [5.74, 6) is 0. The molecule has 2 nitrogen and oxygen atoms in total. The number of aromatic nitrogens is 2. The summed E-state index contributed by atoms with van der Waals surface area (Å²) < 4.78 is 2.63. The van der Waals surface area contributed by atoms with Crippen molar-refractivity contribution in [1.29, 1.82) is 0 Å². The third-order valence-corrected chi connectivity index (χ3v) is 2.35. The first-order valence-corrected chi connectivity index (χ1v) is 4.24.